The topological polar surface area (TPSA) is 24.9 Å². The summed E-state index contributed by atoms with van der Waals surface area (Å²) in [6, 6.07) is 4.04. The van der Waals surface area contributed by atoms with Crippen LogP contribution in [0.1, 0.15) is 52.3 Å². The van der Waals surface area contributed by atoms with Gasteiger partial charge in [0.1, 0.15) is 0 Å². The Kier molecular flexibility index (Phi) is 5.41. The van der Waals surface area contributed by atoms with Gasteiger partial charge in [0.15, 0.2) is 0 Å². The molecule has 0 aromatic carbocycles. The molecule has 17 heavy (non-hydrogen) atoms. The van der Waals surface area contributed by atoms with Crippen molar-refractivity contribution < 1.29 is 0 Å². The Hall–Kier alpha value is -0.600. The van der Waals surface area contributed by atoms with E-state index in [0.717, 1.165) is 30.1 Å². The monoisotopic (exact) mass is 254 g/mol. The minimum absolute atomic E-state index is 0.257. The lowest BCUT2D eigenvalue weighted by Crippen LogP contribution is -2.23. The summed E-state index contributed by atoms with van der Waals surface area (Å²) in [7, 11) is 0. The smallest absolute Gasteiger partial charge is 0.0758 e. The molecule has 0 bridgehead atoms. The molecular weight excluding hydrogens is 232 g/mol. The van der Waals surface area contributed by atoms with Crippen molar-refractivity contribution in [2.45, 2.75) is 46.6 Å². The second kappa shape index (κ2) is 6.36. The summed E-state index contributed by atoms with van der Waals surface area (Å²) in [5.41, 5.74) is 1.31. The number of nitrogens with zero attached hydrogens (tertiary/aromatic N) is 1. The number of rotatable bonds is 5. The van der Waals surface area contributed by atoms with E-state index >= 15 is 0 Å². The number of hydrogen-bond donors (Lipinski definition) is 1. The zero-order valence-electron chi connectivity index (χ0n) is 11.3. The lowest BCUT2D eigenvalue weighted by Gasteiger charge is -2.24. The molecule has 0 aliphatic carbocycles. The van der Waals surface area contributed by atoms with E-state index < -0.39 is 0 Å². The molecule has 1 heterocycles. The largest absolute Gasteiger partial charge is 0.309 e. The van der Waals surface area contributed by atoms with Gasteiger partial charge in [-0.3, -0.25) is 4.98 Å². The number of aromatic nitrogens is 1. The molecule has 1 aromatic heterocycles. The van der Waals surface area contributed by atoms with Gasteiger partial charge in [0.25, 0.3) is 0 Å². The van der Waals surface area contributed by atoms with Crippen LogP contribution in [0, 0.1) is 5.41 Å². The fourth-order valence-corrected chi connectivity index (χ4v) is 2.07. The predicted octanol–water partition coefficient (Wildman–Crippen LogP) is 4.21. The second-order valence-corrected chi connectivity index (χ2v) is 5.99. The Morgan fingerprint density at radius 1 is 1.41 bits per heavy atom. The van der Waals surface area contributed by atoms with E-state index in [2.05, 4.69) is 38.0 Å². The predicted molar refractivity (Wildman–Crippen MR) is 74.4 cm³/mol. The highest BCUT2D eigenvalue weighted by Gasteiger charge is 2.18. The quantitative estimate of drug-likeness (QED) is 0.851. The third kappa shape index (κ3) is 5.05. The van der Waals surface area contributed by atoms with Crippen molar-refractivity contribution in [3.63, 3.8) is 0 Å². The van der Waals surface area contributed by atoms with Crippen molar-refractivity contribution in [3.8, 4) is 0 Å². The van der Waals surface area contributed by atoms with E-state index in [1.807, 2.05) is 18.3 Å². The zero-order valence-corrected chi connectivity index (χ0v) is 12.0. The summed E-state index contributed by atoms with van der Waals surface area (Å²) >= 11 is 6.20. The zero-order chi connectivity index (χ0) is 12.9. The van der Waals surface area contributed by atoms with Gasteiger partial charge in [-0.05, 0) is 36.9 Å². The van der Waals surface area contributed by atoms with E-state index in [1.54, 1.807) is 0 Å². The van der Waals surface area contributed by atoms with Crippen molar-refractivity contribution in [2.75, 3.05) is 6.54 Å². The van der Waals surface area contributed by atoms with Crippen molar-refractivity contribution in [1.82, 2.24) is 10.3 Å². The van der Waals surface area contributed by atoms with E-state index in [0.29, 0.717) is 5.41 Å². The van der Waals surface area contributed by atoms with Gasteiger partial charge >= 0.3 is 0 Å². The van der Waals surface area contributed by atoms with Gasteiger partial charge in [-0.15, -0.1) is 0 Å². The third-order valence-electron chi connectivity index (χ3n) is 2.75. The summed E-state index contributed by atoms with van der Waals surface area (Å²) in [6.07, 6.45) is 4.02. The van der Waals surface area contributed by atoms with Crippen LogP contribution in [0.4, 0.5) is 0 Å². The summed E-state index contributed by atoms with van der Waals surface area (Å²) < 4.78 is 0. The van der Waals surface area contributed by atoms with Crippen LogP contribution in [0.3, 0.4) is 0 Å². The van der Waals surface area contributed by atoms with Gasteiger partial charge in [0.05, 0.1) is 16.8 Å². The first kappa shape index (κ1) is 14.5. The molecule has 1 N–H and O–H groups in total. The Balaban J connectivity index is 2.75. The van der Waals surface area contributed by atoms with Crippen LogP contribution in [0.2, 0.25) is 5.02 Å². The fraction of sp³-hybridized carbons (Fsp3) is 0.643. The maximum Gasteiger partial charge on any atom is 0.0758 e. The molecule has 0 spiro atoms. The first-order chi connectivity index (χ1) is 7.94. The maximum absolute atomic E-state index is 6.20. The lowest BCUT2D eigenvalue weighted by atomic mass is 9.88. The fourth-order valence-electron chi connectivity index (χ4n) is 1.81. The molecule has 2 nitrogen and oxygen atoms in total. The van der Waals surface area contributed by atoms with E-state index in [-0.39, 0.29) is 6.04 Å². The average Bonchev–Trinajstić information content (AvgIpc) is 2.24. The molecule has 0 saturated carbocycles. The van der Waals surface area contributed by atoms with Gasteiger partial charge < -0.3 is 5.32 Å². The van der Waals surface area contributed by atoms with Gasteiger partial charge in [-0.25, -0.2) is 0 Å². The molecule has 0 radical (unpaired) electrons. The third-order valence-corrected chi connectivity index (χ3v) is 3.07. The van der Waals surface area contributed by atoms with Crippen LogP contribution in [0.5, 0.6) is 0 Å². The molecule has 0 aliphatic heterocycles. The van der Waals surface area contributed by atoms with Crippen molar-refractivity contribution in [1.29, 1.82) is 0 Å². The molecule has 3 heteroatoms. The molecule has 1 unspecified atom stereocenters. The molecule has 0 aliphatic rings. The van der Waals surface area contributed by atoms with Gasteiger partial charge in [-0.1, -0.05) is 39.3 Å². The van der Waals surface area contributed by atoms with E-state index in [4.69, 9.17) is 11.6 Å². The normalized spacial score (nSPS) is 13.7. The van der Waals surface area contributed by atoms with Crippen LogP contribution < -0.4 is 5.32 Å². The molecule has 0 fully saturated rings. The molecular formula is C14H23ClN2. The van der Waals surface area contributed by atoms with Crippen molar-refractivity contribution >= 4 is 11.6 Å². The Bertz CT molecular complexity index is 344. The Morgan fingerprint density at radius 2 is 2.12 bits per heavy atom. The van der Waals surface area contributed by atoms with Crippen LogP contribution in [0.25, 0.3) is 0 Å². The lowest BCUT2D eigenvalue weighted by molar-refractivity contribution is 0.331. The van der Waals surface area contributed by atoms with Gasteiger partial charge in [0.2, 0.25) is 0 Å². The maximum atomic E-state index is 6.20. The summed E-state index contributed by atoms with van der Waals surface area (Å²) in [5.74, 6) is 0. The minimum Gasteiger partial charge on any atom is -0.309 e. The van der Waals surface area contributed by atoms with Gasteiger partial charge in [-0.2, -0.15) is 0 Å². The van der Waals surface area contributed by atoms with E-state index in [9.17, 15) is 0 Å². The average molecular weight is 255 g/mol. The Morgan fingerprint density at radius 3 is 2.65 bits per heavy atom. The highest BCUT2D eigenvalue weighted by molar-refractivity contribution is 6.31. The summed E-state index contributed by atoms with van der Waals surface area (Å²) in [5, 5.41) is 4.22. The minimum atomic E-state index is 0.257. The number of halogens is 1. The number of nitrogens with one attached hydrogen (secondary N) is 1. The number of pyridine rings is 1. The van der Waals surface area contributed by atoms with Crippen LogP contribution >= 0.6 is 11.6 Å². The van der Waals surface area contributed by atoms with Crippen molar-refractivity contribution in [2.24, 2.45) is 5.41 Å². The summed E-state index contributed by atoms with van der Waals surface area (Å²) in [6.45, 7) is 9.82. The molecule has 0 saturated heterocycles. The van der Waals surface area contributed by atoms with Crippen molar-refractivity contribution in [3.05, 3.63) is 29.0 Å². The number of hydrogen-bond acceptors (Lipinski definition) is 2. The first-order valence-electron chi connectivity index (χ1n) is 6.28. The highest BCUT2D eigenvalue weighted by atomic mass is 35.5. The second-order valence-electron chi connectivity index (χ2n) is 5.58. The SMILES string of the molecule is CCNC(CCC(C)(C)C)c1ncccc1Cl. The first-order valence-corrected chi connectivity index (χ1v) is 6.65. The Labute approximate surface area is 110 Å². The molecule has 96 valence electrons. The van der Waals surface area contributed by atoms with Gasteiger partial charge in [0, 0.05) is 6.20 Å². The van der Waals surface area contributed by atoms with Crippen LogP contribution in [0.15, 0.2) is 18.3 Å². The van der Waals surface area contributed by atoms with Crippen LogP contribution in [-0.4, -0.2) is 11.5 Å². The van der Waals surface area contributed by atoms with E-state index in [1.165, 1.54) is 0 Å². The van der Waals surface area contributed by atoms with Crippen LogP contribution in [-0.2, 0) is 0 Å². The molecule has 1 atom stereocenters. The summed E-state index contributed by atoms with van der Waals surface area (Å²) in [4.78, 5) is 4.40. The highest BCUT2D eigenvalue weighted by Crippen LogP contribution is 2.29. The molecule has 1 aromatic rings. The molecule has 1 rings (SSSR count). The standard InChI is InChI=1S/C14H23ClN2/c1-5-16-12(8-9-14(2,3)4)13-11(15)7-6-10-17-13/h6-7,10,12,16H,5,8-9H2,1-4H3. The molecule has 0 amide bonds.